The van der Waals surface area contributed by atoms with Gasteiger partial charge in [-0.15, -0.1) is 0 Å². The number of anilines is 6. The molecule has 0 unspecified atom stereocenters. The molecule has 20 nitrogen and oxygen atoms in total. The van der Waals surface area contributed by atoms with Crippen LogP contribution in [0.1, 0.15) is 130 Å². The fourth-order valence-electron chi connectivity index (χ4n) is 17.7. The number of fused-ring (bicyclic) bond motifs is 6. The number of aromatic nitrogens is 6. The molecule has 0 radical (unpaired) electrons. The van der Waals surface area contributed by atoms with E-state index >= 15 is 0 Å². The molecule has 15 rings (SSSR count). The Labute approximate surface area is 580 Å². The van der Waals surface area contributed by atoms with E-state index in [1.54, 1.807) is 93.7 Å². The molecule has 9 aliphatic rings. The molecule has 0 atom stereocenters. The molecule has 0 saturated carbocycles. The maximum absolute atomic E-state index is 14.2. The minimum atomic E-state index is -0.221. The molecule has 6 fully saturated rings. The molecule has 3 aromatic heterocycles. The van der Waals surface area contributed by atoms with Crippen LogP contribution in [0, 0.1) is 38.2 Å². The molecular weight excluding hydrogens is 1260 g/mol. The van der Waals surface area contributed by atoms with Crippen molar-refractivity contribution in [1.29, 1.82) is 0 Å². The van der Waals surface area contributed by atoms with E-state index in [-0.39, 0.29) is 51.7 Å². The molecule has 6 saturated heterocycles. The molecule has 98 heavy (non-hydrogen) atoms. The van der Waals surface area contributed by atoms with E-state index in [4.69, 9.17) is 4.98 Å². The van der Waals surface area contributed by atoms with Crippen molar-refractivity contribution in [3.8, 4) is 0 Å². The highest BCUT2D eigenvalue weighted by Crippen LogP contribution is 2.51. The number of nitrogens with zero attached hydrogens (tertiary/aromatic N) is 17. The average Bonchev–Trinajstić information content (AvgIpc) is 1.60. The first-order chi connectivity index (χ1) is 47.1. The van der Waals surface area contributed by atoms with Gasteiger partial charge in [0.15, 0.2) is 0 Å². The van der Waals surface area contributed by atoms with Crippen molar-refractivity contribution in [2.24, 2.45) is 0 Å². The molecule has 9 aliphatic heterocycles. The van der Waals surface area contributed by atoms with Crippen LogP contribution < -0.4 is 29.4 Å². The first-order valence-electron chi connectivity index (χ1n) is 35.7. The maximum Gasteiger partial charge on any atom is 0.323 e. The number of likely N-dealkylation sites (tertiary alicyclic amines) is 3. The second kappa shape index (κ2) is 28.6. The number of carbonyl (C=O) groups is 3. The molecular formula is C74H98F3N17O3S. The van der Waals surface area contributed by atoms with Gasteiger partial charge < -0.3 is 44.1 Å². The maximum atomic E-state index is 14.2. The average molecular weight is 1360 g/mol. The van der Waals surface area contributed by atoms with Crippen molar-refractivity contribution in [3.05, 3.63) is 130 Å². The van der Waals surface area contributed by atoms with E-state index in [1.165, 1.54) is 29.7 Å². The zero-order valence-electron chi connectivity index (χ0n) is 58.8. The van der Waals surface area contributed by atoms with Gasteiger partial charge in [0.2, 0.25) is 11.0 Å². The first-order valence-corrected chi connectivity index (χ1v) is 36.4. The Balaban J connectivity index is 0.000000133. The van der Waals surface area contributed by atoms with Gasteiger partial charge in [-0.1, -0.05) is 6.92 Å². The van der Waals surface area contributed by atoms with Crippen LogP contribution in [0.3, 0.4) is 0 Å². The van der Waals surface area contributed by atoms with Crippen molar-refractivity contribution in [2.75, 3.05) is 156 Å². The summed E-state index contributed by atoms with van der Waals surface area (Å²) in [6.45, 7) is 23.6. The van der Waals surface area contributed by atoms with E-state index in [1.807, 2.05) is 41.7 Å². The SMILES string of the molecule is CC(=O)N1CC2(CCN(C3CCN(c4nc(C)ns4)CC3)CC2)c2cc(F)ccc21.CCc1nccnc1N1CCC(N2CCC3(CC2)CN(C(=O)N(C)C)c2ccc(F)cc23)CC1.Cc1cnc(C)c(N2CCC(N3CCC4(CC3)CN(C(=O)N(C)C)c3ccc(F)cc34)CC2)n1. The smallest absolute Gasteiger partial charge is 0.323 e. The first kappa shape index (κ1) is 69.0. The Hall–Kier alpha value is -7.54. The Bertz CT molecular complexity index is 3840. The third kappa shape index (κ3) is 13.8. The summed E-state index contributed by atoms with van der Waals surface area (Å²) in [5.41, 5.74) is 8.29. The summed E-state index contributed by atoms with van der Waals surface area (Å²) in [5, 5.41) is 1.04. The number of carbonyl (C=O) groups excluding carboxylic acids is 3. The van der Waals surface area contributed by atoms with Gasteiger partial charge >= 0.3 is 12.1 Å². The third-order valence-electron chi connectivity index (χ3n) is 23.2. The van der Waals surface area contributed by atoms with Gasteiger partial charge in [-0.2, -0.15) is 4.37 Å². The number of piperidine rings is 6. The van der Waals surface area contributed by atoms with Gasteiger partial charge in [0, 0.05) is 176 Å². The molecule has 524 valence electrons. The second-order valence-electron chi connectivity index (χ2n) is 29.4. The van der Waals surface area contributed by atoms with Gasteiger partial charge in [0.05, 0.1) is 17.1 Å². The van der Waals surface area contributed by atoms with E-state index in [2.05, 4.69) is 60.6 Å². The molecule has 6 aromatic rings. The summed E-state index contributed by atoms with van der Waals surface area (Å²) < 4.78 is 46.8. The Morgan fingerprint density at radius 2 is 0.898 bits per heavy atom. The van der Waals surface area contributed by atoms with Crippen LogP contribution in [0.25, 0.3) is 0 Å². The van der Waals surface area contributed by atoms with Gasteiger partial charge in [0.25, 0.3) is 0 Å². The van der Waals surface area contributed by atoms with Crippen LogP contribution in [0.4, 0.5) is 56.6 Å². The Morgan fingerprint density at radius 1 is 0.510 bits per heavy atom. The monoisotopic (exact) mass is 1360 g/mol. The highest BCUT2D eigenvalue weighted by molar-refractivity contribution is 7.09. The summed E-state index contributed by atoms with van der Waals surface area (Å²) in [4.78, 5) is 84.5. The quantitative estimate of drug-likeness (QED) is 0.148. The largest absolute Gasteiger partial charge is 0.355 e. The molecule has 24 heteroatoms. The Kier molecular flexibility index (Phi) is 20.1. The summed E-state index contributed by atoms with van der Waals surface area (Å²) >= 11 is 1.49. The topological polar surface area (TPSA) is 164 Å². The summed E-state index contributed by atoms with van der Waals surface area (Å²) in [7, 11) is 7.09. The van der Waals surface area contributed by atoms with E-state index < -0.39 is 0 Å². The van der Waals surface area contributed by atoms with Crippen molar-refractivity contribution in [1.82, 2.24) is 53.8 Å². The molecule has 0 N–H and O–H groups in total. The number of halogens is 3. The lowest BCUT2D eigenvalue weighted by Crippen LogP contribution is -2.52. The minimum Gasteiger partial charge on any atom is -0.355 e. The van der Waals surface area contributed by atoms with E-state index in [0.717, 1.165) is 235 Å². The van der Waals surface area contributed by atoms with Crippen molar-refractivity contribution >= 4 is 63.3 Å². The number of rotatable bonds is 7. The van der Waals surface area contributed by atoms with Crippen LogP contribution in [0.5, 0.6) is 0 Å². The highest BCUT2D eigenvalue weighted by atomic mass is 32.1. The number of aryl methyl sites for hydroxylation is 4. The number of amides is 5. The predicted molar refractivity (Wildman–Crippen MR) is 381 cm³/mol. The van der Waals surface area contributed by atoms with Crippen molar-refractivity contribution in [3.63, 3.8) is 0 Å². The fraction of sp³-hybridized carbons (Fsp3) is 0.581. The number of hydrogen-bond donors (Lipinski definition) is 0. The fourth-order valence-corrected chi connectivity index (χ4v) is 18.4. The Morgan fingerprint density at radius 3 is 1.29 bits per heavy atom. The lowest BCUT2D eigenvalue weighted by molar-refractivity contribution is -0.116. The zero-order valence-corrected chi connectivity index (χ0v) is 59.6. The normalized spacial score (nSPS) is 21.0. The lowest BCUT2D eigenvalue weighted by Gasteiger charge is -2.45. The van der Waals surface area contributed by atoms with Crippen LogP contribution in [-0.2, 0) is 27.5 Å². The third-order valence-corrected chi connectivity index (χ3v) is 24.1. The zero-order chi connectivity index (χ0) is 68.8. The molecule has 0 aliphatic carbocycles. The van der Waals surface area contributed by atoms with E-state index in [9.17, 15) is 27.6 Å². The second-order valence-corrected chi connectivity index (χ2v) is 30.2. The van der Waals surface area contributed by atoms with Crippen molar-refractivity contribution in [2.45, 2.75) is 152 Å². The standard InChI is InChI=1S/2C26H35FN6O.C22H28FN5OS/c1-18-16-28-19(2)24(29-18)32-11-7-21(8-12-32)31-13-9-26(10-14-31)17-33(25(34)30(3)4)23-6-5-20(27)15-22(23)26;1-4-22-24(29-12-11-28-22)32-13-7-20(8-14-32)31-15-9-26(10-16-31)18-33(25(34)30(2)3)23-6-5-19(27)17-21(23)26;1-15-24-21(30-25-15)27-9-5-18(6-10-27)26-11-7-22(8-12-26)14-28(16(2)29)20-4-3-17(23)13-19(20)22/h5-6,15-16,21H,7-14,17H2,1-4H3;5-6,11-12,17,20H,4,7-10,13-16,18H2,1-3H3;3-4,13,18H,5-12,14H2,1-2H3. The minimum absolute atomic E-state index is 0.0324. The summed E-state index contributed by atoms with van der Waals surface area (Å²) in [6, 6.07) is 16.4. The van der Waals surface area contributed by atoms with Crippen LogP contribution >= 0.6 is 11.5 Å². The van der Waals surface area contributed by atoms with E-state index in [0.29, 0.717) is 37.8 Å². The predicted octanol–water partition coefficient (Wildman–Crippen LogP) is 10.8. The molecule has 3 spiro atoms. The van der Waals surface area contributed by atoms with Gasteiger partial charge in [-0.3, -0.25) is 24.6 Å². The summed E-state index contributed by atoms with van der Waals surface area (Å²) in [5.74, 6) is 2.31. The van der Waals surface area contributed by atoms with Crippen LogP contribution in [-0.4, -0.2) is 216 Å². The summed E-state index contributed by atoms with van der Waals surface area (Å²) in [6.07, 6.45) is 18.8. The molecule has 0 bridgehead atoms. The van der Waals surface area contributed by atoms with Gasteiger partial charge in [-0.25, -0.2) is 37.7 Å². The van der Waals surface area contributed by atoms with Gasteiger partial charge in [-0.05, 0) is 215 Å². The highest BCUT2D eigenvalue weighted by Gasteiger charge is 2.51. The number of hydrogen-bond acceptors (Lipinski definition) is 16. The molecule has 3 aromatic carbocycles. The van der Waals surface area contributed by atoms with Crippen molar-refractivity contribution < 1.29 is 27.6 Å². The molecule has 12 heterocycles. The number of urea groups is 2. The lowest BCUT2D eigenvalue weighted by atomic mass is 9.74. The van der Waals surface area contributed by atoms with Gasteiger partial charge in [0.1, 0.15) is 34.9 Å². The van der Waals surface area contributed by atoms with Crippen LogP contribution in [0.15, 0.2) is 73.2 Å². The molecule has 5 amide bonds. The number of benzene rings is 3. The van der Waals surface area contributed by atoms with Crippen LogP contribution in [0.2, 0.25) is 0 Å².